The molecule has 0 heterocycles. The predicted molar refractivity (Wildman–Crippen MR) is 71.4 cm³/mol. The zero-order valence-electron chi connectivity index (χ0n) is 10.6. The summed E-state index contributed by atoms with van der Waals surface area (Å²) in [5.41, 5.74) is -0.990. The second kappa shape index (κ2) is 6.45. The van der Waals surface area contributed by atoms with Crippen LogP contribution in [0.4, 0.5) is 4.79 Å². The van der Waals surface area contributed by atoms with Crippen molar-refractivity contribution in [3.8, 4) is 12.3 Å². The molecular weight excluding hydrogens is 244 g/mol. The number of urea groups is 1. The number of rotatable bonds is 5. The molecule has 0 aliphatic heterocycles. The van der Waals surface area contributed by atoms with Crippen molar-refractivity contribution in [1.29, 1.82) is 0 Å². The maximum atomic E-state index is 11.7. The van der Waals surface area contributed by atoms with E-state index in [2.05, 4.69) is 16.6 Å². The topological polar surface area (TPSA) is 78.4 Å². The zero-order valence-corrected chi connectivity index (χ0v) is 10.6. The van der Waals surface area contributed by atoms with Crippen molar-refractivity contribution in [2.24, 2.45) is 0 Å². The van der Waals surface area contributed by atoms with Gasteiger partial charge in [0.1, 0.15) is 0 Å². The lowest BCUT2D eigenvalue weighted by Gasteiger charge is -2.26. The second-order valence-electron chi connectivity index (χ2n) is 4.13. The van der Waals surface area contributed by atoms with Gasteiger partial charge in [0.25, 0.3) is 0 Å². The Labute approximate surface area is 112 Å². The van der Waals surface area contributed by atoms with Crippen molar-refractivity contribution >= 4 is 12.0 Å². The minimum atomic E-state index is -1.48. The summed E-state index contributed by atoms with van der Waals surface area (Å²) in [6, 6.07) is 7.94. The van der Waals surface area contributed by atoms with Crippen LogP contribution in [0.1, 0.15) is 18.9 Å². The number of carbonyl (C=O) groups is 2. The Hall–Kier alpha value is -2.48. The Balaban J connectivity index is 2.82. The van der Waals surface area contributed by atoms with Crippen LogP contribution < -0.4 is 10.6 Å². The number of benzene rings is 1. The number of nitrogens with one attached hydrogen (secondary N) is 2. The molecule has 100 valence electrons. The van der Waals surface area contributed by atoms with Crippen LogP contribution in [0.25, 0.3) is 0 Å². The Morgan fingerprint density at radius 2 is 2.00 bits per heavy atom. The van der Waals surface area contributed by atoms with Gasteiger partial charge in [0.05, 0.1) is 0 Å². The van der Waals surface area contributed by atoms with Crippen LogP contribution >= 0.6 is 0 Å². The SMILES string of the molecule is C#CCCNC(=O)NC(C)(C(=O)O)c1ccccc1. The molecule has 5 nitrogen and oxygen atoms in total. The largest absolute Gasteiger partial charge is 0.479 e. The molecular formula is C14H16N2O3. The van der Waals surface area contributed by atoms with Crippen molar-refractivity contribution in [3.05, 3.63) is 35.9 Å². The minimum absolute atomic E-state index is 0.298. The molecule has 5 heteroatoms. The Kier molecular flexibility index (Phi) is 4.95. The number of amides is 2. The monoisotopic (exact) mass is 260 g/mol. The highest BCUT2D eigenvalue weighted by atomic mass is 16.4. The summed E-state index contributed by atoms with van der Waals surface area (Å²) >= 11 is 0. The van der Waals surface area contributed by atoms with Crippen molar-refractivity contribution in [1.82, 2.24) is 10.6 Å². The van der Waals surface area contributed by atoms with Crippen molar-refractivity contribution < 1.29 is 14.7 Å². The lowest BCUT2D eigenvalue weighted by molar-refractivity contribution is -0.144. The number of hydrogen-bond acceptors (Lipinski definition) is 2. The Morgan fingerprint density at radius 3 is 2.53 bits per heavy atom. The van der Waals surface area contributed by atoms with Gasteiger partial charge in [-0.15, -0.1) is 12.3 Å². The number of carbonyl (C=O) groups excluding carboxylic acids is 1. The highest BCUT2D eigenvalue weighted by Gasteiger charge is 2.36. The first-order valence-corrected chi connectivity index (χ1v) is 5.79. The first-order chi connectivity index (χ1) is 9.00. The maximum absolute atomic E-state index is 11.7. The molecule has 1 atom stereocenters. The molecule has 0 aliphatic carbocycles. The smallest absolute Gasteiger partial charge is 0.333 e. The lowest BCUT2D eigenvalue weighted by Crippen LogP contribution is -2.53. The number of hydrogen-bond donors (Lipinski definition) is 3. The first kappa shape index (κ1) is 14.6. The fraction of sp³-hybridized carbons (Fsp3) is 0.286. The van der Waals surface area contributed by atoms with E-state index in [4.69, 9.17) is 6.42 Å². The van der Waals surface area contributed by atoms with E-state index >= 15 is 0 Å². The normalized spacial score (nSPS) is 12.8. The maximum Gasteiger partial charge on any atom is 0.333 e. The van der Waals surface area contributed by atoms with E-state index in [0.29, 0.717) is 18.5 Å². The summed E-state index contributed by atoms with van der Waals surface area (Å²) < 4.78 is 0. The van der Waals surface area contributed by atoms with Gasteiger partial charge in [0.15, 0.2) is 5.54 Å². The summed E-state index contributed by atoms with van der Waals surface area (Å²) in [7, 11) is 0. The van der Waals surface area contributed by atoms with Crippen molar-refractivity contribution in [3.63, 3.8) is 0 Å². The summed E-state index contributed by atoms with van der Waals surface area (Å²) in [5, 5.41) is 14.3. The third-order valence-electron chi connectivity index (χ3n) is 2.70. The fourth-order valence-electron chi connectivity index (χ4n) is 1.54. The van der Waals surface area contributed by atoms with Crippen LogP contribution in [-0.4, -0.2) is 23.7 Å². The first-order valence-electron chi connectivity index (χ1n) is 5.79. The molecule has 0 saturated heterocycles. The molecule has 0 aromatic heterocycles. The van der Waals surface area contributed by atoms with Gasteiger partial charge in [-0.1, -0.05) is 30.3 Å². The fourth-order valence-corrected chi connectivity index (χ4v) is 1.54. The number of carboxylic acid groups (broad SMARTS) is 1. The van der Waals surface area contributed by atoms with Crippen LogP contribution in [0, 0.1) is 12.3 Å². The third-order valence-corrected chi connectivity index (χ3v) is 2.70. The summed E-state index contributed by atoms with van der Waals surface area (Å²) in [5.74, 6) is 1.25. The lowest BCUT2D eigenvalue weighted by atomic mass is 9.92. The van der Waals surface area contributed by atoms with Crippen LogP contribution in [0.2, 0.25) is 0 Å². The molecule has 1 rings (SSSR count). The third kappa shape index (κ3) is 3.75. The molecule has 19 heavy (non-hydrogen) atoms. The summed E-state index contributed by atoms with van der Waals surface area (Å²) in [6.07, 6.45) is 5.46. The minimum Gasteiger partial charge on any atom is -0.479 e. The van der Waals surface area contributed by atoms with Gasteiger partial charge in [-0.3, -0.25) is 0 Å². The van der Waals surface area contributed by atoms with E-state index in [1.807, 2.05) is 0 Å². The highest BCUT2D eigenvalue weighted by molar-refractivity contribution is 5.87. The average molecular weight is 260 g/mol. The second-order valence-corrected chi connectivity index (χ2v) is 4.13. The molecule has 0 fully saturated rings. The van der Waals surface area contributed by atoms with Crippen LogP contribution in [-0.2, 0) is 10.3 Å². The molecule has 1 unspecified atom stereocenters. The molecule has 0 aliphatic rings. The molecule has 0 radical (unpaired) electrons. The van der Waals surface area contributed by atoms with E-state index in [9.17, 15) is 14.7 Å². The van der Waals surface area contributed by atoms with E-state index in [1.54, 1.807) is 30.3 Å². The van der Waals surface area contributed by atoms with Crippen LogP contribution in [0.3, 0.4) is 0 Å². The predicted octanol–water partition coefficient (Wildman–Crippen LogP) is 1.31. The Bertz CT molecular complexity index is 493. The average Bonchev–Trinajstić information content (AvgIpc) is 2.39. The number of carboxylic acids is 1. The van der Waals surface area contributed by atoms with Crippen molar-refractivity contribution in [2.75, 3.05) is 6.54 Å². The molecule has 0 saturated carbocycles. The van der Waals surface area contributed by atoms with Gasteiger partial charge >= 0.3 is 12.0 Å². The molecule has 0 bridgehead atoms. The summed E-state index contributed by atoms with van der Waals surface area (Å²) in [4.78, 5) is 23.1. The van der Waals surface area contributed by atoms with E-state index < -0.39 is 17.5 Å². The van der Waals surface area contributed by atoms with E-state index in [0.717, 1.165) is 0 Å². The van der Waals surface area contributed by atoms with Crippen molar-refractivity contribution in [2.45, 2.75) is 18.9 Å². The van der Waals surface area contributed by atoms with E-state index in [-0.39, 0.29) is 0 Å². The number of aliphatic carboxylic acids is 1. The number of terminal acetylenes is 1. The van der Waals surface area contributed by atoms with Crippen LogP contribution in [0.5, 0.6) is 0 Å². The van der Waals surface area contributed by atoms with Gasteiger partial charge in [-0.05, 0) is 12.5 Å². The quantitative estimate of drug-likeness (QED) is 0.551. The molecule has 3 N–H and O–H groups in total. The zero-order chi connectivity index (χ0) is 14.3. The highest BCUT2D eigenvalue weighted by Crippen LogP contribution is 2.20. The van der Waals surface area contributed by atoms with E-state index in [1.165, 1.54) is 6.92 Å². The molecule has 1 aromatic rings. The Morgan fingerprint density at radius 1 is 1.37 bits per heavy atom. The van der Waals surface area contributed by atoms with Gasteiger partial charge < -0.3 is 15.7 Å². The molecule has 1 aromatic carbocycles. The van der Waals surface area contributed by atoms with Gasteiger partial charge in [0.2, 0.25) is 0 Å². The molecule has 0 spiro atoms. The van der Waals surface area contributed by atoms with Gasteiger partial charge in [0, 0.05) is 13.0 Å². The van der Waals surface area contributed by atoms with Crippen LogP contribution in [0.15, 0.2) is 30.3 Å². The van der Waals surface area contributed by atoms with Gasteiger partial charge in [-0.25, -0.2) is 9.59 Å². The molecule has 2 amide bonds. The van der Waals surface area contributed by atoms with Gasteiger partial charge in [-0.2, -0.15) is 0 Å². The standard InChI is InChI=1S/C14H16N2O3/c1-3-4-10-15-13(19)16-14(2,12(17)18)11-8-6-5-7-9-11/h1,5-9H,4,10H2,2H3,(H,17,18)(H2,15,16,19). The summed E-state index contributed by atoms with van der Waals surface area (Å²) in [6.45, 7) is 1.73.